The molecule has 0 saturated heterocycles. The van der Waals surface area contributed by atoms with E-state index >= 15 is 0 Å². The Morgan fingerprint density at radius 2 is 1.77 bits per heavy atom. The zero-order chi connectivity index (χ0) is 16.8. The van der Waals surface area contributed by atoms with Gasteiger partial charge in [0.1, 0.15) is 5.60 Å². The van der Waals surface area contributed by atoms with Crippen molar-refractivity contribution < 1.29 is 9.53 Å². The molecule has 0 aromatic heterocycles. The summed E-state index contributed by atoms with van der Waals surface area (Å²) in [6, 6.07) is 8.66. The van der Waals surface area contributed by atoms with Gasteiger partial charge < -0.3 is 10.1 Å². The third-order valence-electron chi connectivity index (χ3n) is 3.31. The molecule has 0 saturated carbocycles. The predicted molar refractivity (Wildman–Crippen MR) is 92.2 cm³/mol. The van der Waals surface area contributed by atoms with Crippen LogP contribution in [-0.4, -0.2) is 17.7 Å². The maximum absolute atomic E-state index is 11.7. The molecule has 2 N–H and O–H groups in total. The number of benzene rings is 1. The molecule has 1 aromatic carbocycles. The minimum Gasteiger partial charge on any atom is -0.444 e. The van der Waals surface area contributed by atoms with Crippen LogP contribution in [0.25, 0.3) is 0 Å². The Hall–Kier alpha value is -1.55. The highest BCUT2D eigenvalue weighted by Gasteiger charge is 2.16. The number of hydrogen-bond acceptors (Lipinski definition) is 3. The van der Waals surface area contributed by atoms with Crippen LogP contribution < -0.4 is 10.6 Å². The van der Waals surface area contributed by atoms with Crippen molar-refractivity contribution in [3.8, 4) is 0 Å². The lowest BCUT2D eigenvalue weighted by molar-refractivity contribution is 0.0636. The van der Waals surface area contributed by atoms with E-state index in [1.807, 2.05) is 45.0 Å². The number of nitrogens with one attached hydrogen (secondary N) is 2. The second-order valence-corrected chi connectivity index (χ2v) is 6.83. The number of hydrogen-bond donors (Lipinski definition) is 2. The first-order valence-electron chi connectivity index (χ1n) is 8.07. The van der Waals surface area contributed by atoms with Crippen molar-refractivity contribution in [2.45, 2.75) is 72.1 Å². The van der Waals surface area contributed by atoms with Gasteiger partial charge in [0, 0.05) is 17.8 Å². The number of rotatable bonds is 6. The van der Waals surface area contributed by atoms with E-state index in [1.165, 1.54) is 18.4 Å². The van der Waals surface area contributed by atoms with Gasteiger partial charge in [0.2, 0.25) is 0 Å². The summed E-state index contributed by atoms with van der Waals surface area (Å²) >= 11 is 0. The summed E-state index contributed by atoms with van der Waals surface area (Å²) in [6.07, 6.45) is 1.92. The monoisotopic (exact) mass is 306 g/mol. The summed E-state index contributed by atoms with van der Waals surface area (Å²) in [5.41, 5.74) is 1.46. The molecule has 22 heavy (non-hydrogen) atoms. The van der Waals surface area contributed by atoms with Gasteiger partial charge >= 0.3 is 6.09 Å². The average Bonchev–Trinajstić information content (AvgIpc) is 2.37. The molecule has 0 spiro atoms. The van der Waals surface area contributed by atoms with Crippen LogP contribution >= 0.6 is 0 Å². The van der Waals surface area contributed by atoms with Crippen LogP contribution in [0, 0.1) is 0 Å². The third kappa shape index (κ3) is 6.94. The van der Waals surface area contributed by atoms with E-state index in [1.54, 1.807) is 0 Å². The number of ether oxygens (including phenoxy) is 1. The van der Waals surface area contributed by atoms with Crippen molar-refractivity contribution in [2.24, 2.45) is 0 Å². The molecule has 1 amide bonds. The minimum atomic E-state index is -0.488. The van der Waals surface area contributed by atoms with Crippen molar-refractivity contribution in [1.82, 2.24) is 5.32 Å². The molecule has 2 atom stereocenters. The van der Waals surface area contributed by atoms with E-state index in [0.717, 1.165) is 5.69 Å². The van der Waals surface area contributed by atoms with Crippen molar-refractivity contribution in [3.63, 3.8) is 0 Å². The Morgan fingerprint density at radius 1 is 1.18 bits per heavy atom. The first kappa shape index (κ1) is 18.5. The van der Waals surface area contributed by atoms with Crippen molar-refractivity contribution in [3.05, 3.63) is 29.8 Å². The number of anilines is 1. The predicted octanol–water partition coefficient (Wildman–Crippen LogP) is 4.87. The molecule has 1 rings (SSSR count). The number of amides is 1. The Morgan fingerprint density at radius 3 is 2.27 bits per heavy atom. The summed E-state index contributed by atoms with van der Waals surface area (Å²) in [5, 5.41) is 6.32. The quantitative estimate of drug-likeness (QED) is 0.788. The lowest BCUT2D eigenvalue weighted by Crippen LogP contribution is -2.28. The van der Waals surface area contributed by atoms with Crippen molar-refractivity contribution in [1.29, 1.82) is 0 Å². The van der Waals surface area contributed by atoms with Gasteiger partial charge in [-0.05, 0) is 58.7 Å². The topological polar surface area (TPSA) is 50.4 Å². The Kier molecular flexibility index (Phi) is 6.88. The maximum Gasteiger partial charge on any atom is 0.412 e. The molecule has 4 nitrogen and oxygen atoms in total. The van der Waals surface area contributed by atoms with E-state index in [9.17, 15) is 4.79 Å². The molecular weight excluding hydrogens is 276 g/mol. The number of carbonyl (C=O) groups is 1. The Balaban J connectivity index is 2.57. The summed E-state index contributed by atoms with van der Waals surface area (Å²) < 4.78 is 5.24. The lowest BCUT2D eigenvalue weighted by atomic mass is 10.1. The molecule has 0 bridgehead atoms. The van der Waals surface area contributed by atoms with Gasteiger partial charge in [-0.1, -0.05) is 25.5 Å². The lowest BCUT2D eigenvalue weighted by Gasteiger charge is -2.21. The van der Waals surface area contributed by atoms with Crippen LogP contribution in [0.5, 0.6) is 0 Å². The van der Waals surface area contributed by atoms with E-state index in [0.29, 0.717) is 6.04 Å². The molecule has 124 valence electrons. The van der Waals surface area contributed by atoms with E-state index in [-0.39, 0.29) is 6.04 Å². The first-order valence-corrected chi connectivity index (χ1v) is 8.07. The molecule has 0 aliphatic rings. The fourth-order valence-corrected chi connectivity index (χ4v) is 2.32. The molecule has 0 aliphatic carbocycles. The average molecular weight is 306 g/mol. The highest BCUT2D eigenvalue weighted by Crippen LogP contribution is 2.18. The summed E-state index contributed by atoms with van der Waals surface area (Å²) in [4.78, 5) is 11.7. The van der Waals surface area contributed by atoms with E-state index in [2.05, 4.69) is 31.4 Å². The van der Waals surface area contributed by atoms with Gasteiger partial charge in [-0.2, -0.15) is 0 Å². The molecule has 0 fully saturated rings. The highest BCUT2D eigenvalue weighted by molar-refractivity contribution is 5.84. The second-order valence-electron chi connectivity index (χ2n) is 6.83. The normalized spacial score (nSPS) is 14.3. The number of carbonyl (C=O) groups excluding carboxylic acids is 1. The molecule has 0 radical (unpaired) electrons. The largest absolute Gasteiger partial charge is 0.444 e. The smallest absolute Gasteiger partial charge is 0.412 e. The molecule has 0 heterocycles. The zero-order valence-electron chi connectivity index (χ0n) is 14.7. The highest BCUT2D eigenvalue weighted by atomic mass is 16.6. The van der Waals surface area contributed by atoms with Gasteiger partial charge in [0.05, 0.1) is 0 Å². The molecule has 4 heteroatoms. The van der Waals surface area contributed by atoms with Gasteiger partial charge in [-0.25, -0.2) is 4.79 Å². The molecule has 2 unspecified atom stereocenters. The molecule has 1 aromatic rings. The van der Waals surface area contributed by atoms with Crippen LogP contribution in [0.1, 0.15) is 66.0 Å². The second kappa shape index (κ2) is 8.18. The van der Waals surface area contributed by atoms with Crippen molar-refractivity contribution >= 4 is 11.8 Å². The Bertz CT molecular complexity index is 463. The van der Waals surface area contributed by atoms with E-state index in [4.69, 9.17) is 4.74 Å². The van der Waals surface area contributed by atoms with Crippen LogP contribution in [0.15, 0.2) is 24.3 Å². The minimum absolute atomic E-state index is 0.289. The summed E-state index contributed by atoms with van der Waals surface area (Å²) in [5.74, 6) is 0. The summed E-state index contributed by atoms with van der Waals surface area (Å²) in [7, 11) is 0. The SMILES string of the molecule is CCCC(C)NC(C)c1ccc(NC(=O)OC(C)(C)C)cc1. The van der Waals surface area contributed by atoms with E-state index < -0.39 is 11.7 Å². The standard InChI is InChI=1S/C18H30N2O2/c1-7-8-13(2)19-14(3)15-9-11-16(12-10-15)20-17(21)22-18(4,5)6/h9-14,19H,7-8H2,1-6H3,(H,20,21). The zero-order valence-corrected chi connectivity index (χ0v) is 14.7. The third-order valence-corrected chi connectivity index (χ3v) is 3.31. The van der Waals surface area contributed by atoms with Crippen molar-refractivity contribution in [2.75, 3.05) is 5.32 Å². The van der Waals surface area contributed by atoms with Crippen LogP contribution in [0.4, 0.5) is 10.5 Å². The summed E-state index contributed by atoms with van der Waals surface area (Å²) in [6.45, 7) is 12.1. The van der Waals surface area contributed by atoms with Gasteiger partial charge in [-0.15, -0.1) is 0 Å². The fourth-order valence-electron chi connectivity index (χ4n) is 2.32. The van der Waals surface area contributed by atoms with Crippen LogP contribution in [0.2, 0.25) is 0 Å². The molecular formula is C18H30N2O2. The maximum atomic E-state index is 11.7. The Labute approximate surface area is 134 Å². The van der Waals surface area contributed by atoms with Crippen LogP contribution in [0.3, 0.4) is 0 Å². The van der Waals surface area contributed by atoms with Gasteiger partial charge in [0.25, 0.3) is 0 Å². The van der Waals surface area contributed by atoms with Gasteiger partial charge in [-0.3, -0.25) is 5.32 Å². The van der Waals surface area contributed by atoms with Crippen LogP contribution in [-0.2, 0) is 4.74 Å². The first-order chi connectivity index (χ1) is 10.2. The van der Waals surface area contributed by atoms with Gasteiger partial charge in [0.15, 0.2) is 0 Å². The fraction of sp³-hybridized carbons (Fsp3) is 0.611. The molecule has 0 aliphatic heterocycles.